The Labute approximate surface area is 332 Å². The molecule has 2 atom stereocenters. The molecule has 0 spiro atoms. The quantitative estimate of drug-likeness (QED) is 0.109. The fraction of sp³-hybridized carbons (Fsp3) is 0.167. The minimum atomic E-state index is -1.68. The molecule has 2 heterocycles. The molecule has 6 aromatic carbocycles. The summed E-state index contributed by atoms with van der Waals surface area (Å²) in [7, 11) is -3.36. The van der Waals surface area contributed by atoms with Crippen LogP contribution >= 0.6 is 17.1 Å². The van der Waals surface area contributed by atoms with Crippen molar-refractivity contribution < 1.29 is 18.1 Å². The molecular weight excluding hydrogens is 730 g/mol. The van der Waals surface area contributed by atoms with Crippen LogP contribution in [0.3, 0.4) is 0 Å². The van der Waals surface area contributed by atoms with Crippen molar-refractivity contribution in [2.24, 2.45) is 0 Å². The van der Waals surface area contributed by atoms with Gasteiger partial charge in [-0.1, -0.05) is 113 Å². The van der Waals surface area contributed by atoms with Crippen LogP contribution in [0.5, 0.6) is 23.0 Å². The van der Waals surface area contributed by atoms with Crippen LogP contribution in [0.25, 0.3) is 32.7 Å². The van der Waals surface area contributed by atoms with Crippen LogP contribution in [0.1, 0.15) is 61.8 Å². The Hall–Kier alpha value is -5.54. The minimum Gasteiger partial charge on any atom is -0.422 e. The van der Waals surface area contributed by atoms with Gasteiger partial charge in [0, 0.05) is 35.9 Å². The SMILES string of the molecule is Cc1ccc(C(C)C)c(OP(Oc2ccc3ccccc3c2-c2c(OP(Oc3cc(C)ccc3C(C)C)n3cccc3)ccc3ccccc23)n2cccc2)c1. The van der Waals surface area contributed by atoms with Gasteiger partial charge >= 0.3 is 17.1 Å². The van der Waals surface area contributed by atoms with Gasteiger partial charge in [0.05, 0.1) is 0 Å². The van der Waals surface area contributed by atoms with Crippen molar-refractivity contribution in [2.45, 2.75) is 53.4 Å². The molecule has 6 nitrogen and oxygen atoms in total. The zero-order valence-electron chi connectivity index (χ0n) is 32.6. The Bertz CT molecular complexity index is 2420. The lowest BCUT2D eigenvalue weighted by molar-refractivity contribution is 0.470. The van der Waals surface area contributed by atoms with E-state index in [0.29, 0.717) is 11.5 Å². The smallest absolute Gasteiger partial charge is 0.421 e. The first-order valence-corrected chi connectivity index (χ1v) is 21.3. The van der Waals surface area contributed by atoms with Gasteiger partial charge in [-0.2, -0.15) is 0 Å². The van der Waals surface area contributed by atoms with Crippen molar-refractivity contribution >= 4 is 38.6 Å². The highest BCUT2D eigenvalue weighted by atomic mass is 31.2. The molecule has 0 fully saturated rings. The Kier molecular flexibility index (Phi) is 10.9. The Morgan fingerprint density at radius 3 is 1.18 bits per heavy atom. The van der Waals surface area contributed by atoms with Gasteiger partial charge < -0.3 is 18.1 Å². The molecule has 8 heteroatoms. The second-order valence-electron chi connectivity index (χ2n) is 14.7. The largest absolute Gasteiger partial charge is 0.422 e. The van der Waals surface area contributed by atoms with Crippen LogP contribution < -0.4 is 18.1 Å². The van der Waals surface area contributed by atoms with Crippen molar-refractivity contribution in [3.63, 3.8) is 0 Å². The molecule has 0 aliphatic rings. The molecule has 0 amide bonds. The lowest BCUT2D eigenvalue weighted by Gasteiger charge is -2.26. The van der Waals surface area contributed by atoms with Crippen LogP contribution in [0.15, 0.2) is 158 Å². The molecule has 8 rings (SSSR count). The van der Waals surface area contributed by atoms with Crippen LogP contribution in [-0.4, -0.2) is 8.68 Å². The number of benzene rings is 6. The molecular formula is C48H46N2O4P2. The first-order valence-electron chi connectivity index (χ1n) is 19.1. The van der Waals surface area contributed by atoms with Gasteiger partial charge in [-0.05, 0) is 118 Å². The maximum Gasteiger partial charge on any atom is 0.421 e. The number of hydrogen-bond donors (Lipinski definition) is 0. The second kappa shape index (κ2) is 16.3. The third-order valence-corrected chi connectivity index (χ3v) is 12.6. The van der Waals surface area contributed by atoms with Gasteiger partial charge in [0.25, 0.3) is 0 Å². The molecule has 0 aliphatic heterocycles. The van der Waals surface area contributed by atoms with Crippen LogP contribution in [0, 0.1) is 13.8 Å². The molecule has 8 aromatic rings. The fourth-order valence-corrected chi connectivity index (χ4v) is 9.49. The second-order valence-corrected chi connectivity index (χ2v) is 17.3. The summed E-state index contributed by atoms with van der Waals surface area (Å²) in [5.74, 6) is 3.57. The Morgan fingerprint density at radius 2 is 0.786 bits per heavy atom. The molecule has 0 saturated carbocycles. The molecule has 2 unspecified atom stereocenters. The van der Waals surface area contributed by atoms with Crippen LogP contribution in [0.2, 0.25) is 0 Å². The summed E-state index contributed by atoms with van der Waals surface area (Å²) in [5.41, 5.74) is 6.37. The molecule has 56 heavy (non-hydrogen) atoms. The van der Waals surface area contributed by atoms with E-state index in [9.17, 15) is 0 Å². The number of fused-ring (bicyclic) bond motifs is 2. The van der Waals surface area contributed by atoms with Gasteiger partial charge in [0.15, 0.2) is 0 Å². The molecule has 0 N–H and O–H groups in total. The van der Waals surface area contributed by atoms with E-state index in [2.05, 4.69) is 151 Å². The summed E-state index contributed by atoms with van der Waals surface area (Å²) in [6.07, 6.45) is 8.01. The number of nitrogens with zero attached hydrogens (tertiary/aromatic N) is 2. The summed E-state index contributed by atoms with van der Waals surface area (Å²) in [6, 6.07) is 46.1. The van der Waals surface area contributed by atoms with E-state index in [0.717, 1.165) is 66.4 Å². The zero-order chi connectivity index (χ0) is 38.8. The number of aryl methyl sites for hydroxylation is 2. The maximum atomic E-state index is 7.18. The summed E-state index contributed by atoms with van der Waals surface area (Å²) in [6.45, 7) is 12.9. The van der Waals surface area contributed by atoms with Gasteiger partial charge in [-0.15, -0.1) is 0 Å². The molecule has 282 valence electrons. The summed E-state index contributed by atoms with van der Waals surface area (Å²) >= 11 is 0. The van der Waals surface area contributed by atoms with Gasteiger partial charge in [-0.25, -0.2) is 0 Å². The van der Waals surface area contributed by atoms with E-state index in [1.54, 1.807) is 0 Å². The van der Waals surface area contributed by atoms with Crippen molar-refractivity contribution in [1.82, 2.24) is 8.68 Å². The van der Waals surface area contributed by atoms with Crippen molar-refractivity contribution in [1.29, 1.82) is 0 Å². The summed E-state index contributed by atoms with van der Waals surface area (Å²) in [5, 5.41) is 4.26. The normalized spacial score (nSPS) is 12.6. The number of hydrogen-bond acceptors (Lipinski definition) is 4. The summed E-state index contributed by atoms with van der Waals surface area (Å²) in [4.78, 5) is 0. The van der Waals surface area contributed by atoms with E-state index >= 15 is 0 Å². The maximum absolute atomic E-state index is 7.18. The first-order chi connectivity index (χ1) is 27.2. The van der Waals surface area contributed by atoms with E-state index in [1.165, 1.54) is 0 Å². The molecule has 0 saturated heterocycles. The molecule has 2 aromatic heterocycles. The minimum absolute atomic E-state index is 0.271. The van der Waals surface area contributed by atoms with Crippen molar-refractivity contribution in [2.75, 3.05) is 0 Å². The summed E-state index contributed by atoms with van der Waals surface area (Å²) < 4.78 is 32.3. The van der Waals surface area contributed by atoms with E-state index in [1.807, 2.05) is 57.7 Å². The molecule has 0 radical (unpaired) electrons. The average molecular weight is 777 g/mol. The monoisotopic (exact) mass is 776 g/mol. The Morgan fingerprint density at radius 1 is 0.411 bits per heavy atom. The van der Waals surface area contributed by atoms with Crippen LogP contribution in [-0.2, 0) is 0 Å². The van der Waals surface area contributed by atoms with Gasteiger partial charge in [0.2, 0.25) is 0 Å². The molecule has 0 aliphatic carbocycles. The predicted octanol–water partition coefficient (Wildman–Crippen LogP) is 14.6. The van der Waals surface area contributed by atoms with E-state index in [-0.39, 0.29) is 11.8 Å². The zero-order valence-corrected chi connectivity index (χ0v) is 34.4. The number of aromatic nitrogens is 2. The van der Waals surface area contributed by atoms with Crippen molar-refractivity contribution in [3.05, 3.63) is 181 Å². The average Bonchev–Trinajstić information content (AvgIpc) is 3.94. The standard InChI is InChI=1S/C48H46N2O4P2/c1-33(2)39-23-19-35(5)31-45(39)53-55(49-27-11-12-28-49)51-43-25-21-37-15-7-9-17-41(37)47(43)48-42-18-10-8-16-38(42)22-26-44(48)52-56(50-29-13-14-30-50)54-46-32-36(6)20-24-40(46)34(3)4/h7-34H,1-6H3. The van der Waals surface area contributed by atoms with E-state index < -0.39 is 17.1 Å². The fourth-order valence-electron chi connectivity index (χ4n) is 7.00. The van der Waals surface area contributed by atoms with Crippen molar-refractivity contribution in [3.8, 4) is 34.1 Å². The lowest BCUT2D eigenvalue weighted by Crippen LogP contribution is -2.07. The van der Waals surface area contributed by atoms with Crippen LogP contribution in [0.4, 0.5) is 0 Å². The van der Waals surface area contributed by atoms with Gasteiger partial charge in [0.1, 0.15) is 23.0 Å². The number of rotatable bonds is 13. The third-order valence-electron chi connectivity index (χ3n) is 9.87. The highest BCUT2D eigenvalue weighted by molar-refractivity contribution is 7.46. The van der Waals surface area contributed by atoms with E-state index in [4.69, 9.17) is 18.1 Å². The highest BCUT2D eigenvalue weighted by Gasteiger charge is 2.28. The topological polar surface area (TPSA) is 46.8 Å². The molecule has 0 bridgehead atoms. The Balaban J connectivity index is 1.31. The third kappa shape index (κ3) is 7.78. The highest BCUT2D eigenvalue weighted by Crippen LogP contribution is 2.54. The predicted molar refractivity (Wildman–Crippen MR) is 233 cm³/mol. The van der Waals surface area contributed by atoms with Gasteiger partial charge in [-0.3, -0.25) is 8.68 Å². The lowest BCUT2D eigenvalue weighted by atomic mass is 9.92. The first kappa shape index (κ1) is 37.4.